The van der Waals surface area contributed by atoms with Crippen LogP contribution in [-0.4, -0.2) is 26.3 Å². The molecule has 2 N–H and O–H groups in total. The van der Waals surface area contributed by atoms with Gasteiger partial charge in [-0.2, -0.15) is 0 Å². The molecule has 0 aromatic heterocycles. The number of hydrogen-bond donors (Lipinski definition) is 2. The van der Waals surface area contributed by atoms with E-state index < -0.39 is 15.3 Å². The zero-order valence-electron chi connectivity index (χ0n) is 12.4. The molecule has 1 aliphatic rings. The number of sulfonamides is 1. The third-order valence-electron chi connectivity index (χ3n) is 3.64. The van der Waals surface area contributed by atoms with Crippen LogP contribution in [0.1, 0.15) is 45.1 Å². The predicted molar refractivity (Wildman–Crippen MR) is 83.6 cm³/mol. The Balaban J connectivity index is 1.95. The molecule has 1 unspecified atom stereocenters. The second-order valence-electron chi connectivity index (χ2n) is 5.92. The fourth-order valence-electron chi connectivity index (χ4n) is 1.93. The first-order valence-corrected chi connectivity index (χ1v) is 8.78. The molecule has 0 heterocycles. The summed E-state index contributed by atoms with van der Waals surface area (Å²) in [5.74, 6) is 0.447. The summed E-state index contributed by atoms with van der Waals surface area (Å²) in [7, 11) is -3.33. The zero-order valence-corrected chi connectivity index (χ0v) is 13.2. The molecule has 1 aliphatic carbocycles. The van der Waals surface area contributed by atoms with Crippen molar-refractivity contribution in [3.8, 4) is 0 Å². The van der Waals surface area contributed by atoms with Crippen molar-refractivity contribution < 1.29 is 8.42 Å². The van der Waals surface area contributed by atoms with E-state index in [1.807, 2.05) is 24.3 Å². The monoisotopic (exact) mass is 296 g/mol. The number of anilines is 1. The molecule has 1 atom stereocenters. The number of benzene rings is 1. The van der Waals surface area contributed by atoms with Crippen LogP contribution in [0.2, 0.25) is 0 Å². The fraction of sp³-hybridized carbons (Fsp3) is 0.600. The summed E-state index contributed by atoms with van der Waals surface area (Å²) in [6.07, 6.45) is 2.33. The standard InChI is InChI=1S/C15H24N2O2S/c1-11(2)13-4-6-15(7-5-13)17-20(18,19)12(3)10-16-14-8-9-14/h4-7,11-12,14,16-17H,8-10H2,1-3H3. The van der Waals surface area contributed by atoms with E-state index in [2.05, 4.69) is 23.9 Å². The normalized spacial score (nSPS) is 17.2. The van der Waals surface area contributed by atoms with Crippen molar-refractivity contribution in [3.05, 3.63) is 29.8 Å². The average Bonchev–Trinajstić information content (AvgIpc) is 3.20. The highest BCUT2D eigenvalue weighted by Crippen LogP contribution is 2.20. The summed E-state index contributed by atoms with van der Waals surface area (Å²) in [6, 6.07) is 8.12. The molecule has 4 nitrogen and oxygen atoms in total. The van der Waals surface area contributed by atoms with E-state index in [0.717, 1.165) is 12.8 Å². The summed E-state index contributed by atoms with van der Waals surface area (Å²) >= 11 is 0. The van der Waals surface area contributed by atoms with Crippen LogP contribution < -0.4 is 10.0 Å². The maximum absolute atomic E-state index is 12.2. The number of rotatable bonds is 7. The Morgan fingerprint density at radius 2 is 1.75 bits per heavy atom. The quantitative estimate of drug-likeness (QED) is 0.813. The van der Waals surface area contributed by atoms with E-state index in [1.54, 1.807) is 6.92 Å². The molecule has 0 spiro atoms. The second-order valence-corrected chi connectivity index (χ2v) is 8.02. The third kappa shape index (κ3) is 4.21. The van der Waals surface area contributed by atoms with Crippen LogP contribution in [0.5, 0.6) is 0 Å². The van der Waals surface area contributed by atoms with Gasteiger partial charge in [0.1, 0.15) is 0 Å². The lowest BCUT2D eigenvalue weighted by Crippen LogP contribution is -2.35. The van der Waals surface area contributed by atoms with Gasteiger partial charge in [-0.15, -0.1) is 0 Å². The average molecular weight is 296 g/mol. The molecule has 112 valence electrons. The lowest BCUT2D eigenvalue weighted by Gasteiger charge is -2.16. The minimum Gasteiger partial charge on any atom is -0.313 e. The topological polar surface area (TPSA) is 58.2 Å². The molecule has 1 saturated carbocycles. The molecule has 20 heavy (non-hydrogen) atoms. The lowest BCUT2D eigenvalue weighted by molar-refractivity contribution is 0.576. The van der Waals surface area contributed by atoms with E-state index in [1.165, 1.54) is 5.56 Å². The van der Waals surface area contributed by atoms with Gasteiger partial charge in [-0.1, -0.05) is 26.0 Å². The molecule has 2 rings (SSSR count). The van der Waals surface area contributed by atoms with E-state index >= 15 is 0 Å². The second kappa shape index (κ2) is 6.14. The Kier molecular flexibility index (Phi) is 4.70. The van der Waals surface area contributed by atoms with Gasteiger partial charge in [0.05, 0.1) is 5.25 Å². The Morgan fingerprint density at radius 1 is 1.15 bits per heavy atom. The van der Waals surface area contributed by atoms with E-state index in [0.29, 0.717) is 24.2 Å². The predicted octanol–water partition coefficient (Wildman–Crippen LogP) is 2.69. The Hall–Kier alpha value is -1.07. The van der Waals surface area contributed by atoms with Gasteiger partial charge in [-0.25, -0.2) is 8.42 Å². The Morgan fingerprint density at radius 3 is 2.25 bits per heavy atom. The SMILES string of the molecule is CC(C)c1ccc(NS(=O)(=O)C(C)CNC2CC2)cc1. The number of nitrogens with one attached hydrogen (secondary N) is 2. The first-order valence-electron chi connectivity index (χ1n) is 7.23. The van der Waals surface area contributed by atoms with Crippen molar-refractivity contribution in [2.75, 3.05) is 11.3 Å². The van der Waals surface area contributed by atoms with Crippen molar-refractivity contribution >= 4 is 15.7 Å². The molecule has 0 aliphatic heterocycles. The van der Waals surface area contributed by atoms with Crippen LogP contribution in [0.4, 0.5) is 5.69 Å². The van der Waals surface area contributed by atoms with Crippen molar-refractivity contribution in [2.45, 2.75) is 50.8 Å². The van der Waals surface area contributed by atoms with Gasteiger partial charge in [0, 0.05) is 18.3 Å². The highest BCUT2D eigenvalue weighted by atomic mass is 32.2. The van der Waals surface area contributed by atoms with Crippen LogP contribution in [0.3, 0.4) is 0 Å². The van der Waals surface area contributed by atoms with Crippen LogP contribution in [0.25, 0.3) is 0 Å². The van der Waals surface area contributed by atoms with Gasteiger partial charge in [-0.3, -0.25) is 4.72 Å². The first-order chi connectivity index (χ1) is 9.38. The van der Waals surface area contributed by atoms with Gasteiger partial charge in [0.2, 0.25) is 10.0 Å². The molecule has 1 aromatic rings. The Labute approximate surface area is 122 Å². The van der Waals surface area contributed by atoms with Crippen molar-refractivity contribution in [1.82, 2.24) is 5.32 Å². The summed E-state index contributed by atoms with van der Waals surface area (Å²) in [5.41, 5.74) is 1.84. The largest absolute Gasteiger partial charge is 0.313 e. The van der Waals surface area contributed by atoms with Crippen LogP contribution >= 0.6 is 0 Å². The molecule has 0 radical (unpaired) electrons. The molecule has 1 fully saturated rings. The minimum atomic E-state index is -3.33. The van der Waals surface area contributed by atoms with Crippen LogP contribution in [0, 0.1) is 0 Å². The summed E-state index contributed by atoms with van der Waals surface area (Å²) < 4.78 is 27.1. The van der Waals surface area contributed by atoms with Crippen LogP contribution in [0.15, 0.2) is 24.3 Å². The highest BCUT2D eigenvalue weighted by molar-refractivity contribution is 7.93. The Bertz CT molecular complexity index is 533. The minimum absolute atomic E-state index is 0.437. The molecule has 0 amide bonds. The lowest BCUT2D eigenvalue weighted by atomic mass is 10.0. The fourth-order valence-corrected chi connectivity index (χ4v) is 2.91. The molecule has 1 aromatic carbocycles. The number of hydrogen-bond acceptors (Lipinski definition) is 3. The summed E-state index contributed by atoms with van der Waals surface area (Å²) in [6.45, 7) is 6.47. The first kappa shape index (κ1) is 15.3. The molecule has 0 saturated heterocycles. The van der Waals surface area contributed by atoms with Crippen molar-refractivity contribution in [1.29, 1.82) is 0 Å². The smallest absolute Gasteiger partial charge is 0.236 e. The third-order valence-corrected chi connectivity index (χ3v) is 5.38. The maximum atomic E-state index is 12.2. The maximum Gasteiger partial charge on any atom is 0.236 e. The van der Waals surface area contributed by atoms with Gasteiger partial charge in [-0.05, 0) is 43.4 Å². The van der Waals surface area contributed by atoms with E-state index in [4.69, 9.17) is 0 Å². The highest BCUT2D eigenvalue weighted by Gasteiger charge is 2.25. The van der Waals surface area contributed by atoms with Gasteiger partial charge in [0.25, 0.3) is 0 Å². The van der Waals surface area contributed by atoms with Gasteiger partial charge < -0.3 is 5.32 Å². The molecule has 5 heteroatoms. The zero-order chi connectivity index (χ0) is 14.8. The summed E-state index contributed by atoms with van der Waals surface area (Å²) in [4.78, 5) is 0. The molecular weight excluding hydrogens is 272 g/mol. The van der Waals surface area contributed by atoms with Crippen LogP contribution in [-0.2, 0) is 10.0 Å². The molecule has 0 bridgehead atoms. The molecular formula is C15H24N2O2S. The summed E-state index contributed by atoms with van der Waals surface area (Å²) in [5, 5.41) is 2.82. The van der Waals surface area contributed by atoms with Crippen molar-refractivity contribution in [2.24, 2.45) is 0 Å². The van der Waals surface area contributed by atoms with Crippen molar-refractivity contribution in [3.63, 3.8) is 0 Å². The van der Waals surface area contributed by atoms with E-state index in [-0.39, 0.29) is 0 Å². The van der Waals surface area contributed by atoms with E-state index in [9.17, 15) is 8.42 Å². The van der Waals surface area contributed by atoms with Gasteiger partial charge >= 0.3 is 0 Å². The van der Waals surface area contributed by atoms with Gasteiger partial charge in [0.15, 0.2) is 0 Å².